The maximum absolute atomic E-state index is 13.0. The van der Waals surface area contributed by atoms with Gasteiger partial charge in [0.2, 0.25) is 0 Å². The van der Waals surface area contributed by atoms with Gasteiger partial charge in [0.05, 0.1) is 0 Å². The quantitative estimate of drug-likeness (QED) is 0.866. The first-order chi connectivity index (χ1) is 9.19. The predicted octanol–water partition coefficient (Wildman–Crippen LogP) is 3.88. The molecule has 2 nitrogen and oxygen atoms in total. The summed E-state index contributed by atoms with van der Waals surface area (Å²) in [7, 11) is 0. The van der Waals surface area contributed by atoms with E-state index in [-0.39, 0.29) is 5.82 Å². The zero-order chi connectivity index (χ0) is 13.7. The van der Waals surface area contributed by atoms with Crippen molar-refractivity contribution in [2.24, 2.45) is 0 Å². The maximum Gasteiger partial charge on any atom is 0.123 e. The van der Waals surface area contributed by atoms with Gasteiger partial charge in [-0.05, 0) is 49.4 Å². The van der Waals surface area contributed by atoms with Crippen LogP contribution in [0, 0.1) is 12.7 Å². The van der Waals surface area contributed by atoms with E-state index in [4.69, 9.17) is 4.74 Å². The molecule has 0 saturated heterocycles. The van der Waals surface area contributed by atoms with E-state index in [0.717, 1.165) is 24.4 Å². The normalized spacial score (nSPS) is 10.7. The SMILES string of the molecule is CCNCc1ccc(COc2ccc(F)cc2C)s1. The second-order valence-corrected chi connectivity index (χ2v) is 5.60. The first-order valence-electron chi connectivity index (χ1n) is 6.36. The average Bonchev–Trinajstić information content (AvgIpc) is 2.83. The molecule has 0 spiro atoms. The van der Waals surface area contributed by atoms with Gasteiger partial charge >= 0.3 is 0 Å². The molecule has 1 aromatic heterocycles. The predicted molar refractivity (Wildman–Crippen MR) is 77.2 cm³/mol. The van der Waals surface area contributed by atoms with Gasteiger partial charge in [-0.15, -0.1) is 11.3 Å². The van der Waals surface area contributed by atoms with Crippen LogP contribution in [0.2, 0.25) is 0 Å². The van der Waals surface area contributed by atoms with E-state index in [1.165, 1.54) is 21.9 Å². The van der Waals surface area contributed by atoms with Crippen molar-refractivity contribution in [3.05, 3.63) is 51.5 Å². The third-order valence-corrected chi connectivity index (χ3v) is 3.83. The van der Waals surface area contributed by atoms with Gasteiger partial charge in [0.15, 0.2) is 0 Å². The summed E-state index contributed by atoms with van der Waals surface area (Å²) in [6.45, 7) is 6.34. The van der Waals surface area contributed by atoms with Crippen LogP contribution in [0.1, 0.15) is 22.2 Å². The Kier molecular flexibility index (Phi) is 4.93. The second-order valence-electron chi connectivity index (χ2n) is 4.35. The van der Waals surface area contributed by atoms with Crippen LogP contribution in [-0.4, -0.2) is 6.54 Å². The van der Waals surface area contributed by atoms with Gasteiger partial charge in [-0.2, -0.15) is 0 Å². The fourth-order valence-corrected chi connectivity index (χ4v) is 2.67. The van der Waals surface area contributed by atoms with Crippen molar-refractivity contribution < 1.29 is 9.13 Å². The molecule has 0 aliphatic rings. The first-order valence-corrected chi connectivity index (χ1v) is 7.18. The highest BCUT2D eigenvalue weighted by Crippen LogP contribution is 2.22. The number of hydrogen-bond donors (Lipinski definition) is 1. The lowest BCUT2D eigenvalue weighted by atomic mass is 10.2. The Morgan fingerprint density at radius 2 is 2.00 bits per heavy atom. The Balaban J connectivity index is 1.92. The Hall–Kier alpha value is -1.39. The summed E-state index contributed by atoms with van der Waals surface area (Å²) >= 11 is 1.74. The number of halogens is 1. The Morgan fingerprint density at radius 1 is 1.21 bits per heavy atom. The zero-order valence-corrected chi connectivity index (χ0v) is 12.0. The monoisotopic (exact) mass is 279 g/mol. The highest BCUT2D eigenvalue weighted by Gasteiger charge is 2.04. The van der Waals surface area contributed by atoms with Crippen LogP contribution in [0.25, 0.3) is 0 Å². The van der Waals surface area contributed by atoms with Crippen LogP contribution in [-0.2, 0) is 13.2 Å². The average molecular weight is 279 g/mol. The molecule has 0 amide bonds. The zero-order valence-electron chi connectivity index (χ0n) is 11.2. The third kappa shape index (κ3) is 4.04. The molecule has 2 rings (SSSR count). The van der Waals surface area contributed by atoms with Crippen LogP contribution in [0.3, 0.4) is 0 Å². The topological polar surface area (TPSA) is 21.3 Å². The van der Waals surface area contributed by atoms with E-state index in [0.29, 0.717) is 6.61 Å². The number of thiophene rings is 1. The summed E-state index contributed by atoms with van der Waals surface area (Å²) < 4.78 is 18.7. The van der Waals surface area contributed by atoms with Gasteiger partial charge in [0, 0.05) is 16.3 Å². The third-order valence-electron chi connectivity index (χ3n) is 2.77. The second kappa shape index (κ2) is 6.68. The number of ether oxygens (including phenoxy) is 1. The highest BCUT2D eigenvalue weighted by molar-refractivity contribution is 7.11. The fraction of sp³-hybridized carbons (Fsp3) is 0.333. The van der Waals surface area contributed by atoms with E-state index >= 15 is 0 Å². The van der Waals surface area contributed by atoms with E-state index in [2.05, 4.69) is 24.4 Å². The van der Waals surface area contributed by atoms with Crippen LogP contribution < -0.4 is 10.1 Å². The number of rotatable bonds is 6. The Bertz CT molecular complexity index is 539. The summed E-state index contributed by atoms with van der Waals surface area (Å²) in [5.41, 5.74) is 0.824. The minimum atomic E-state index is -0.228. The smallest absolute Gasteiger partial charge is 0.123 e. The molecule has 0 atom stereocenters. The Labute approximate surface area is 117 Å². The maximum atomic E-state index is 13.0. The molecule has 1 aromatic carbocycles. The van der Waals surface area contributed by atoms with E-state index in [1.54, 1.807) is 17.4 Å². The fourth-order valence-electron chi connectivity index (χ4n) is 1.77. The van der Waals surface area contributed by atoms with Gasteiger partial charge in [-0.3, -0.25) is 0 Å². The molecule has 19 heavy (non-hydrogen) atoms. The molecule has 1 N–H and O–H groups in total. The van der Waals surface area contributed by atoms with Gasteiger partial charge in [-0.25, -0.2) is 4.39 Å². The minimum absolute atomic E-state index is 0.228. The molecule has 0 saturated carbocycles. The first kappa shape index (κ1) is 14.0. The lowest BCUT2D eigenvalue weighted by Crippen LogP contribution is -2.10. The summed E-state index contributed by atoms with van der Waals surface area (Å²) in [4.78, 5) is 2.48. The summed E-state index contributed by atoms with van der Waals surface area (Å²) in [6, 6.07) is 8.78. The number of aryl methyl sites for hydroxylation is 1. The molecule has 0 bridgehead atoms. The molecule has 0 fully saturated rings. The van der Waals surface area contributed by atoms with E-state index in [9.17, 15) is 4.39 Å². The Morgan fingerprint density at radius 3 is 2.74 bits per heavy atom. The van der Waals surface area contributed by atoms with E-state index in [1.807, 2.05) is 6.92 Å². The number of hydrogen-bond acceptors (Lipinski definition) is 3. The molecule has 0 aliphatic heterocycles. The molecule has 2 aromatic rings. The van der Waals surface area contributed by atoms with Gasteiger partial charge in [-0.1, -0.05) is 6.92 Å². The largest absolute Gasteiger partial charge is 0.488 e. The molecule has 0 aliphatic carbocycles. The molecule has 0 radical (unpaired) electrons. The summed E-state index contributed by atoms with van der Waals surface area (Å²) in [5.74, 6) is 0.511. The molecule has 4 heteroatoms. The van der Waals surface area contributed by atoms with Crippen molar-refractivity contribution in [2.75, 3.05) is 6.54 Å². The number of benzene rings is 1. The van der Waals surface area contributed by atoms with Crippen LogP contribution in [0.5, 0.6) is 5.75 Å². The summed E-state index contributed by atoms with van der Waals surface area (Å²) in [5, 5.41) is 3.29. The highest BCUT2D eigenvalue weighted by atomic mass is 32.1. The van der Waals surface area contributed by atoms with Crippen molar-refractivity contribution in [1.82, 2.24) is 5.32 Å². The van der Waals surface area contributed by atoms with Crippen molar-refractivity contribution >= 4 is 11.3 Å². The van der Waals surface area contributed by atoms with Crippen molar-refractivity contribution in [3.8, 4) is 5.75 Å². The molecular weight excluding hydrogens is 261 g/mol. The van der Waals surface area contributed by atoms with Crippen molar-refractivity contribution in [1.29, 1.82) is 0 Å². The molecule has 0 unspecified atom stereocenters. The lowest BCUT2D eigenvalue weighted by Gasteiger charge is -2.07. The van der Waals surface area contributed by atoms with Crippen LogP contribution in [0.4, 0.5) is 4.39 Å². The van der Waals surface area contributed by atoms with Crippen LogP contribution in [0.15, 0.2) is 30.3 Å². The van der Waals surface area contributed by atoms with Crippen molar-refractivity contribution in [3.63, 3.8) is 0 Å². The van der Waals surface area contributed by atoms with Gasteiger partial charge < -0.3 is 10.1 Å². The standard InChI is InChI=1S/C15H18FNOS/c1-3-17-9-13-5-6-14(19-13)10-18-15-7-4-12(16)8-11(15)2/h4-8,17H,3,9-10H2,1-2H3. The van der Waals surface area contributed by atoms with Gasteiger partial charge in [0.1, 0.15) is 18.2 Å². The van der Waals surface area contributed by atoms with Crippen LogP contribution >= 0.6 is 11.3 Å². The number of nitrogens with one attached hydrogen (secondary N) is 1. The van der Waals surface area contributed by atoms with Crippen molar-refractivity contribution in [2.45, 2.75) is 27.0 Å². The van der Waals surface area contributed by atoms with Gasteiger partial charge in [0.25, 0.3) is 0 Å². The summed E-state index contributed by atoms with van der Waals surface area (Å²) in [6.07, 6.45) is 0. The van der Waals surface area contributed by atoms with E-state index < -0.39 is 0 Å². The lowest BCUT2D eigenvalue weighted by molar-refractivity contribution is 0.307. The minimum Gasteiger partial charge on any atom is -0.488 e. The molecular formula is C15H18FNOS. The molecule has 1 heterocycles. The molecule has 102 valence electrons.